The van der Waals surface area contributed by atoms with Crippen molar-refractivity contribution in [1.29, 1.82) is 0 Å². The number of Topliss-reactive ketones (excluding diaryl/α,β-unsaturated/α-hetero) is 1. The lowest BCUT2D eigenvalue weighted by Gasteiger charge is -2.11. The first-order valence-electron chi connectivity index (χ1n) is 9.67. The second kappa shape index (κ2) is 9.28. The number of hydrogen-bond donors (Lipinski definition) is 0. The number of benzene rings is 3. The Hall–Kier alpha value is -2.89. The molecule has 0 saturated carbocycles. The number of ketones is 1. The highest BCUT2D eigenvalue weighted by molar-refractivity contribution is 7.99. The van der Waals surface area contributed by atoms with Crippen LogP contribution < -0.4 is 0 Å². The van der Waals surface area contributed by atoms with Crippen LogP contribution in [0.3, 0.4) is 0 Å². The normalized spacial score (nSPS) is 10.9. The number of nitrogens with zero attached hydrogens (tertiary/aromatic N) is 3. The highest BCUT2D eigenvalue weighted by Gasteiger charge is 2.18. The summed E-state index contributed by atoms with van der Waals surface area (Å²) in [5.74, 6) is 1.06. The minimum atomic E-state index is 0.0597. The molecule has 4 nitrogen and oxygen atoms in total. The Morgan fingerprint density at radius 2 is 1.63 bits per heavy atom. The predicted molar refractivity (Wildman–Crippen MR) is 123 cm³/mol. The van der Waals surface area contributed by atoms with Gasteiger partial charge in [-0.1, -0.05) is 72.8 Å². The van der Waals surface area contributed by atoms with Gasteiger partial charge in [-0.05, 0) is 48.4 Å². The summed E-state index contributed by atoms with van der Waals surface area (Å²) in [7, 11) is 0. The fourth-order valence-corrected chi connectivity index (χ4v) is 4.07. The number of rotatable bonds is 7. The third-order valence-corrected chi connectivity index (χ3v) is 5.95. The fraction of sp³-hybridized carbons (Fsp3) is 0.125. The van der Waals surface area contributed by atoms with Crippen molar-refractivity contribution in [2.75, 3.05) is 5.75 Å². The fourth-order valence-electron chi connectivity index (χ4n) is 3.10. The van der Waals surface area contributed by atoms with Gasteiger partial charge in [-0.2, -0.15) is 0 Å². The number of carbonyl (C=O) groups is 1. The van der Waals surface area contributed by atoms with Crippen molar-refractivity contribution < 1.29 is 4.79 Å². The van der Waals surface area contributed by atoms with Crippen molar-refractivity contribution in [1.82, 2.24) is 14.8 Å². The zero-order chi connectivity index (χ0) is 20.9. The summed E-state index contributed by atoms with van der Waals surface area (Å²) in [6.07, 6.45) is 0.972. The molecule has 3 aromatic carbocycles. The Balaban J connectivity index is 1.69. The van der Waals surface area contributed by atoms with Gasteiger partial charge in [0.25, 0.3) is 0 Å². The average molecular weight is 434 g/mol. The highest BCUT2D eigenvalue weighted by Crippen LogP contribution is 2.29. The molecule has 6 heteroatoms. The van der Waals surface area contributed by atoms with Crippen LogP contribution in [-0.4, -0.2) is 26.3 Å². The number of carbonyl (C=O) groups excluding carboxylic acids is 1. The molecule has 0 unspecified atom stereocenters. The molecule has 0 radical (unpaired) electrons. The molecule has 0 N–H and O–H groups in total. The van der Waals surface area contributed by atoms with Gasteiger partial charge in [0.1, 0.15) is 0 Å². The maximum atomic E-state index is 12.6. The zero-order valence-corrected chi connectivity index (χ0v) is 18.0. The molecule has 0 fully saturated rings. The standard InChI is InChI=1S/C24H20ClN3OS/c1-2-17-8-14-21(15-9-17)28-23(19-10-12-20(25)13-11-19)26-27-24(28)30-16-22(29)18-6-4-3-5-7-18/h3-15H,2,16H2,1H3. The summed E-state index contributed by atoms with van der Waals surface area (Å²) < 4.78 is 1.99. The van der Waals surface area contributed by atoms with Gasteiger partial charge in [-0.3, -0.25) is 9.36 Å². The Morgan fingerprint density at radius 3 is 2.30 bits per heavy atom. The molecular weight excluding hydrogens is 414 g/mol. The first-order valence-corrected chi connectivity index (χ1v) is 11.0. The minimum absolute atomic E-state index is 0.0597. The topological polar surface area (TPSA) is 47.8 Å². The van der Waals surface area contributed by atoms with E-state index in [4.69, 9.17) is 11.6 Å². The van der Waals surface area contributed by atoms with Crippen molar-refractivity contribution in [2.45, 2.75) is 18.5 Å². The molecule has 30 heavy (non-hydrogen) atoms. The lowest BCUT2D eigenvalue weighted by atomic mass is 10.1. The first-order chi connectivity index (χ1) is 14.7. The summed E-state index contributed by atoms with van der Waals surface area (Å²) >= 11 is 7.44. The highest BCUT2D eigenvalue weighted by atomic mass is 35.5. The van der Waals surface area contributed by atoms with Crippen LogP contribution in [-0.2, 0) is 6.42 Å². The van der Waals surface area contributed by atoms with E-state index in [9.17, 15) is 4.79 Å². The van der Waals surface area contributed by atoms with Crippen molar-refractivity contribution in [3.63, 3.8) is 0 Å². The van der Waals surface area contributed by atoms with Crippen LogP contribution in [0.2, 0.25) is 5.02 Å². The van der Waals surface area contributed by atoms with Crippen LogP contribution in [0.5, 0.6) is 0 Å². The largest absolute Gasteiger partial charge is 0.293 e. The average Bonchev–Trinajstić information content (AvgIpc) is 3.22. The molecule has 0 saturated heterocycles. The van der Waals surface area contributed by atoms with Crippen LogP contribution in [0.25, 0.3) is 17.1 Å². The van der Waals surface area contributed by atoms with E-state index in [1.165, 1.54) is 17.3 Å². The molecule has 1 aromatic heterocycles. The third-order valence-electron chi connectivity index (χ3n) is 4.77. The van der Waals surface area contributed by atoms with Gasteiger partial charge in [0.2, 0.25) is 0 Å². The van der Waals surface area contributed by atoms with Crippen molar-refractivity contribution in [3.8, 4) is 17.1 Å². The Labute approximate surface area is 184 Å². The van der Waals surface area contributed by atoms with Crippen LogP contribution in [0.4, 0.5) is 0 Å². The molecule has 4 aromatic rings. The van der Waals surface area contributed by atoms with E-state index in [0.717, 1.165) is 17.7 Å². The van der Waals surface area contributed by atoms with Gasteiger partial charge in [0.15, 0.2) is 16.8 Å². The van der Waals surface area contributed by atoms with E-state index in [2.05, 4.69) is 41.4 Å². The summed E-state index contributed by atoms with van der Waals surface area (Å²) in [4.78, 5) is 12.6. The summed E-state index contributed by atoms with van der Waals surface area (Å²) in [6.45, 7) is 2.13. The second-order valence-corrected chi connectivity index (χ2v) is 8.13. The molecule has 0 aliphatic rings. The van der Waals surface area contributed by atoms with E-state index < -0.39 is 0 Å². The Bertz CT molecular complexity index is 1140. The van der Waals surface area contributed by atoms with Crippen molar-refractivity contribution >= 4 is 29.1 Å². The predicted octanol–water partition coefficient (Wildman–Crippen LogP) is 6.13. The van der Waals surface area contributed by atoms with Crippen LogP contribution >= 0.6 is 23.4 Å². The van der Waals surface area contributed by atoms with E-state index in [1.807, 2.05) is 59.2 Å². The zero-order valence-electron chi connectivity index (χ0n) is 16.5. The van der Waals surface area contributed by atoms with Crippen molar-refractivity contribution in [3.05, 3.63) is 95.0 Å². The van der Waals surface area contributed by atoms with E-state index >= 15 is 0 Å². The van der Waals surface area contributed by atoms with Gasteiger partial charge in [0, 0.05) is 21.8 Å². The third kappa shape index (κ3) is 4.48. The van der Waals surface area contributed by atoms with Crippen LogP contribution in [0, 0.1) is 0 Å². The van der Waals surface area contributed by atoms with Gasteiger partial charge in [0.05, 0.1) is 5.75 Å². The number of aromatic nitrogens is 3. The van der Waals surface area contributed by atoms with Gasteiger partial charge in [-0.25, -0.2) is 0 Å². The molecule has 150 valence electrons. The minimum Gasteiger partial charge on any atom is -0.293 e. The molecule has 1 heterocycles. The molecule has 0 aliphatic carbocycles. The summed E-state index contributed by atoms with van der Waals surface area (Å²) in [6, 6.07) is 25.1. The molecule has 0 amide bonds. The molecule has 0 spiro atoms. The molecular formula is C24H20ClN3OS. The lowest BCUT2D eigenvalue weighted by molar-refractivity contribution is 0.102. The van der Waals surface area contributed by atoms with E-state index in [-0.39, 0.29) is 11.5 Å². The monoisotopic (exact) mass is 433 g/mol. The second-order valence-electron chi connectivity index (χ2n) is 6.75. The number of halogens is 1. The maximum Gasteiger partial charge on any atom is 0.196 e. The Morgan fingerprint density at radius 1 is 0.933 bits per heavy atom. The van der Waals surface area contributed by atoms with Gasteiger partial charge in [-0.15, -0.1) is 10.2 Å². The van der Waals surface area contributed by atoms with Crippen LogP contribution in [0.15, 0.2) is 84.0 Å². The van der Waals surface area contributed by atoms with Gasteiger partial charge < -0.3 is 0 Å². The maximum absolute atomic E-state index is 12.6. The quantitative estimate of drug-likeness (QED) is 0.260. The molecule has 4 rings (SSSR count). The van der Waals surface area contributed by atoms with Crippen LogP contribution in [0.1, 0.15) is 22.8 Å². The number of aryl methyl sites for hydroxylation is 1. The molecule has 0 bridgehead atoms. The summed E-state index contributed by atoms with van der Waals surface area (Å²) in [5.41, 5.74) is 3.82. The van der Waals surface area contributed by atoms with E-state index in [0.29, 0.717) is 21.6 Å². The van der Waals surface area contributed by atoms with Crippen molar-refractivity contribution in [2.24, 2.45) is 0 Å². The summed E-state index contributed by atoms with van der Waals surface area (Å²) in [5, 5.41) is 10.2. The number of hydrogen-bond acceptors (Lipinski definition) is 4. The Kier molecular flexibility index (Phi) is 6.31. The molecule has 0 atom stereocenters. The lowest BCUT2D eigenvalue weighted by Crippen LogP contribution is -2.05. The molecule has 0 aliphatic heterocycles. The smallest absolute Gasteiger partial charge is 0.196 e. The SMILES string of the molecule is CCc1ccc(-n2c(SCC(=O)c3ccccc3)nnc2-c2ccc(Cl)cc2)cc1. The van der Waals surface area contributed by atoms with E-state index in [1.54, 1.807) is 0 Å². The number of thioether (sulfide) groups is 1. The first kappa shape index (κ1) is 20.4. The van der Waals surface area contributed by atoms with Gasteiger partial charge >= 0.3 is 0 Å².